The van der Waals surface area contributed by atoms with Gasteiger partial charge in [-0.25, -0.2) is 8.42 Å². The zero-order valence-corrected chi connectivity index (χ0v) is 9.78. The molecule has 2 rings (SSSR count). The van der Waals surface area contributed by atoms with Crippen molar-refractivity contribution in [3.05, 3.63) is 35.9 Å². The van der Waals surface area contributed by atoms with Gasteiger partial charge in [-0.2, -0.15) is 0 Å². The van der Waals surface area contributed by atoms with Gasteiger partial charge in [-0.05, 0) is 5.56 Å². The first-order chi connectivity index (χ1) is 7.57. The van der Waals surface area contributed by atoms with Gasteiger partial charge in [0.1, 0.15) is 0 Å². The summed E-state index contributed by atoms with van der Waals surface area (Å²) < 4.78 is 22.7. The molecular formula is C11H16N2O2S. The third-order valence-corrected chi connectivity index (χ3v) is 4.57. The molecule has 0 spiro atoms. The molecule has 1 aromatic carbocycles. The van der Waals surface area contributed by atoms with Gasteiger partial charge in [0.2, 0.25) is 0 Å². The fourth-order valence-electron chi connectivity index (χ4n) is 1.93. The molecule has 2 atom stereocenters. The highest BCUT2D eigenvalue weighted by atomic mass is 32.2. The summed E-state index contributed by atoms with van der Waals surface area (Å²) in [6.45, 7) is 0.661. The van der Waals surface area contributed by atoms with Gasteiger partial charge in [0.15, 0.2) is 9.84 Å². The van der Waals surface area contributed by atoms with Crippen molar-refractivity contribution in [2.45, 2.75) is 18.6 Å². The molecule has 0 bridgehead atoms. The first-order valence-electron chi connectivity index (χ1n) is 5.30. The Hall–Kier alpha value is -0.910. The molecule has 5 heteroatoms. The molecule has 0 amide bonds. The van der Waals surface area contributed by atoms with Crippen LogP contribution in [0.2, 0.25) is 0 Å². The van der Waals surface area contributed by atoms with E-state index >= 15 is 0 Å². The van der Waals surface area contributed by atoms with Crippen LogP contribution in [-0.4, -0.2) is 32.0 Å². The Morgan fingerprint density at radius 1 is 1.25 bits per heavy atom. The molecule has 0 saturated carbocycles. The van der Waals surface area contributed by atoms with Crippen LogP contribution in [0, 0.1) is 0 Å². The second kappa shape index (κ2) is 4.53. The van der Waals surface area contributed by atoms with Crippen molar-refractivity contribution < 1.29 is 8.42 Å². The summed E-state index contributed by atoms with van der Waals surface area (Å²) in [5, 5.41) is 3.20. The SMILES string of the molecule is N[C@@H]1CS(=O)(=O)C[C@@H]1NCc1ccccc1. The highest BCUT2D eigenvalue weighted by Gasteiger charge is 2.34. The van der Waals surface area contributed by atoms with E-state index < -0.39 is 9.84 Å². The van der Waals surface area contributed by atoms with Crippen LogP contribution in [-0.2, 0) is 16.4 Å². The molecule has 0 aliphatic carbocycles. The topological polar surface area (TPSA) is 72.2 Å². The maximum Gasteiger partial charge on any atom is 0.153 e. The molecule has 1 fully saturated rings. The lowest BCUT2D eigenvalue weighted by atomic mass is 10.1. The lowest BCUT2D eigenvalue weighted by Crippen LogP contribution is -2.43. The van der Waals surface area contributed by atoms with Crippen LogP contribution in [0.4, 0.5) is 0 Å². The molecule has 0 unspecified atom stereocenters. The molecular weight excluding hydrogens is 224 g/mol. The standard InChI is InChI=1S/C11H16N2O2S/c12-10-7-16(14,15)8-11(10)13-6-9-4-2-1-3-5-9/h1-5,10-11,13H,6-8,12H2/t10-,11+/m1/s1. The molecule has 1 aliphatic heterocycles. The van der Waals surface area contributed by atoms with Gasteiger partial charge in [0, 0.05) is 18.6 Å². The Labute approximate surface area is 95.8 Å². The van der Waals surface area contributed by atoms with Crippen LogP contribution < -0.4 is 11.1 Å². The predicted octanol–water partition coefficient (Wildman–Crippen LogP) is -0.0995. The lowest BCUT2D eigenvalue weighted by Gasteiger charge is -2.15. The van der Waals surface area contributed by atoms with E-state index in [1.807, 2.05) is 30.3 Å². The van der Waals surface area contributed by atoms with Gasteiger partial charge in [0.25, 0.3) is 0 Å². The van der Waals surface area contributed by atoms with E-state index in [4.69, 9.17) is 5.73 Å². The van der Waals surface area contributed by atoms with Crippen molar-refractivity contribution >= 4 is 9.84 Å². The second-order valence-corrected chi connectivity index (χ2v) is 6.37. The van der Waals surface area contributed by atoms with E-state index in [2.05, 4.69) is 5.32 Å². The van der Waals surface area contributed by atoms with Crippen LogP contribution in [0.5, 0.6) is 0 Å². The van der Waals surface area contributed by atoms with Crippen molar-refractivity contribution in [2.24, 2.45) is 5.73 Å². The zero-order valence-electron chi connectivity index (χ0n) is 8.96. The van der Waals surface area contributed by atoms with E-state index in [9.17, 15) is 8.42 Å². The molecule has 1 saturated heterocycles. The maximum atomic E-state index is 11.3. The Kier molecular flexibility index (Phi) is 3.28. The Morgan fingerprint density at radius 2 is 1.94 bits per heavy atom. The second-order valence-electron chi connectivity index (χ2n) is 4.21. The van der Waals surface area contributed by atoms with Gasteiger partial charge < -0.3 is 11.1 Å². The number of rotatable bonds is 3. The third-order valence-electron chi connectivity index (χ3n) is 2.81. The van der Waals surface area contributed by atoms with E-state index in [-0.39, 0.29) is 23.6 Å². The number of sulfone groups is 1. The largest absolute Gasteiger partial charge is 0.325 e. The van der Waals surface area contributed by atoms with Gasteiger partial charge in [-0.1, -0.05) is 30.3 Å². The molecule has 1 aromatic rings. The molecule has 1 heterocycles. The number of nitrogens with one attached hydrogen (secondary N) is 1. The summed E-state index contributed by atoms with van der Waals surface area (Å²) in [5.74, 6) is 0.250. The highest BCUT2D eigenvalue weighted by molar-refractivity contribution is 7.91. The zero-order chi connectivity index (χ0) is 11.6. The molecule has 0 aromatic heterocycles. The number of nitrogens with two attached hydrogens (primary N) is 1. The van der Waals surface area contributed by atoms with Crippen molar-refractivity contribution in [1.29, 1.82) is 0 Å². The number of hydrogen-bond donors (Lipinski definition) is 2. The van der Waals surface area contributed by atoms with Gasteiger partial charge in [-0.15, -0.1) is 0 Å². The van der Waals surface area contributed by atoms with E-state index in [0.717, 1.165) is 5.56 Å². The Balaban J connectivity index is 1.92. The van der Waals surface area contributed by atoms with Crippen molar-refractivity contribution in [3.63, 3.8) is 0 Å². The van der Waals surface area contributed by atoms with Gasteiger partial charge in [-0.3, -0.25) is 0 Å². The fourth-order valence-corrected chi connectivity index (χ4v) is 3.80. The summed E-state index contributed by atoms with van der Waals surface area (Å²) >= 11 is 0. The van der Waals surface area contributed by atoms with Crippen molar-refractivity contribution in [2.75, 3.05) is 11.5 Å². The van der Waals surface area contributed by atoms with Crippen LogP contribution in [0.25, 0.3) is 0 Å². The lowest BCUT2D eigenvalue weighted by molar-refractivity contribution is 0.503. The van der Waals surface area contributed by atoms with Crippen molar-refractivity contribution in [1.82, 2.24) is 5.32 Å². The summed E-state index contributed by atoms with van der Waals surface area (Å²) in [4.78, 5) is 0. The maximum absolute atomic E-state index is 11.3. The van der Waals surface area contributed by atoms with Gasteiger partial charge in [0.05, 0.1) is 11.5 Å². The van der Waals surface area contributed by atoms with Crippen LogP contribution >= 0.6 is 0 Å². The minimum atomic E-state index is -2.94. The summed E-state index contributed by atoms with van der Waals surface area (Å²) in [6, 6.07) is 9.48. The van der Waals surface area contributed by atoms with Crippen LogP contribution in [0.1, 0.15) is 5.56 Å². The first kappa shape index (κ1) is 11.6. The number of hydrogen-bond acceptors (Lipinski definition) is 4. The third kappa shape index (κ3) is 2.81. The van der Waals surface area contributed by atoms with Gasteiger partial charge >= 0.3 is 0 Å². The predicted molar refractivity (Wildman–Crippen MR) is 63.7 cm³/mol. The van der Waals surface area contributed by atoms with Crippen LogP contribution in [0.3, 0.4) is 0 Å². The average Bonchev–Trinajstić information content (AvgIpc) is 2.50. The summed E-state index contributed by atoms with van der Waals surface area (Å²) in [6.07, 6.45) is 0. The van der Waals surface area contributed by atoms with Crippen LogP contribution in [0.15, 0.2) is 30.3 Å². The molecule has 16 heavy (non-hydrogen) atoms. The van der Waals surface area contributed by atoms with E-state index in [0.29, 0.717) is 6.54 Å². The molecule has 4 nitrogen and oxygen atoms in total. The van der Waals surface area contributed by atoms with E-state index in [1.165, 1.54) is 0 Å². The Bertz CT molecular complexity index is 444. The first-order valence-corrected chi connectivity index (χ1v) is 7.12. The van der Waals surface area contributed by atoms with Crippen molar-refractivity contribution in [3.8, 4) is 0 Å². The quantitative estimate of drug-likeness (QED) is 0.774. The normalized spacial score (nSPS) is 28.1. The smallest absolute Gasteiger partial charge is 0.153 e. The minimum absolute atomic E-state index is 0.0967. The number of benzene rings is 1. The Morgan fingerprint density at radius 3 is 2.50 bits per heavy atom. The highest BCUT2D eigenvalue weighted by Crippen LogP contribution is 2.11. The molecule has 0 radical (unpaired) electrons. The molecule has 88 valence electrons. The fraction of sp³-hybridized carbons (Fsp3) is 0.455. The monoisotopic (exact) mass is 240 g/mol. The summed E-state index contributed by atoms with van der Waals surface area (Å²) in [5.41, 5.74) is 6.92. The summed E-state index contributed by atoms with van der Waals surface area (Å²) in [7, 11) is -2.94. The molecule has 1 aliphatic rings. The average molecular weight is 240 g/mol. The molecule has 3 N–H and O–H groups in total. The minimum Gasteiger partial charge on any atom is -0.325 e. The van der Waals surface area contributed by atoms with E-state index in [1.54, 1.807) is 0 Å².